The van der Waals surface area contributed by atoms with Crippen molar-refractivity contribution in [2.75, 3.05) is 6.61 Å². The maximum absolute atomic E-state index is 12.3. The first kappa shape index (κ1) is 14.0. The molecule has 0 fully saturated rings. The number of carbonyl (C=O) groups excluding carboxylic acids is 1. The van der Waals surface area contributed by atoms with E-state index in [0.29, 0.717) is 18.7 Å². The standard InChI is InChI=1S/C15H14BrN3O2/c1-9-7-12(18-8-10(9)16)15(20)19-11-4-6-21-13-3-2-5-17-14(11)13/h2-3,5,7-8,11H,4,6H2,1H3,(H,19,20). The molecule has 3 heterocycles. The average Bonchev–Trinajstić information content (AvgIpc) is 2.50. The molecule has 108 valence electrons. The van der Waals surface area contributed by atoms with Crippen molar-refractivity contribution >= 4 is 21.8 Å². The van der Waals surface area contributed by atoms with Crippen LogP contribution in [-0.2, 0) is 0 Å². The first-order chi connectivity index (χ1) is 10.1. The van der Waals surface area contributed by atoms with E-state index in [4.69, 9.17) is 4.74 Å². The molecule has 0 aromatic carbocycles. The van der Waals surface area contributed by atoms with Crippen LogP contribution in [0.2, 0.25) is 0 Å². The summed E-state index contributed by atoms with van der Waals surface area (Å²) in [5, 5.41) is 2.98. The van der Waals surface area contributed by atoms with Gasteiger partial charge in [-0.15, -0.1) is 0 Å². The second kappa shape index (κ2) is 5.81. The molecule has 0 saturated carbocycles. The molecule has 6 heteroatoms. The largest absolute Gasteiger partial charge is 0.491 e. The van der Waals surface area contributed by atoms with Gasteiger partial charge in [-0.3, -0.25) is 9.78 Å². The molecule has 2 aromatic rings. The van der Waals surface area contributed by atoms with E-state index in [1.54, 1.807) is 18.5 Å². The SMILES string of the molecule is Cc1cc(C(=O)NC2CCOc3cccnc32)ncc1Br. The van der Waals surface area contributed by atoms with Gasteiger partial charge in [0, 0.05) is 23.3 Å². The minimum Gasteiger partial charge on any atom is -0.491 e. The number of halogens is 1. The van der Waals surface area contributed by atoms with Gasteiger partial charge in [0.15, 0.2) is 0 Å². The minimum absolute atomic E-state index is 0.145. The van der Waals surface area contributed by atoms with Gasteiger partial charge in [0.2, 0.25) is 0 Å². The van der Waals surface area contributed by atoms with Crippen LogP contribution < -0.4 is 10.1 Å². The Labute approximate surface area is 130 Å². The molecule has 0 aliphatic carbocycles. The van der Waals surface area contributed by atoms with E-state index in [2.05, 4.69) is 31.2 Å². The highest BCUT2D eigenvalue weighted by atomic mass is 79.9. The van der Waals surface area contributed by atoms with Gasteiger partial charge in [0.25, 0.3) is 5.91 Å². The lowest BCUT2D eigenvalue weighted by Gasteiger charge is -2.25. The van der Waals surface area contributed by atoms with Crippen molar-refractivity contribution in [3.05, 3.63) is 52.0 Å². The summed E-state index contributed by atoms with van der Waals surface area (Å²) in [4.78, 5) is 20.8. The van der Waals surface area contributed by atoms with Gasteiger partial charge < -0.3 is 10.1 Å². The van der Waals surface area contributed by atoms with Crippen LogP contribution in [0.3, 0.4) is 0 Å². The van der Waals surface area contributed by atoms with E-state index in [9.17, 15) is 4.79 Å². The molecule has 0 spiro atoms. The molecule has 2 aromatic heterocycles. The van der Waals surface area contributed by atoms with Crippen molar-refractivity contribution in [1.82, 2.24) is 15.3 Å². The van der Waals surface area contributed by atoms with Crippen LogP contribution in [-0.4, -0.2) is 22.5 Å². The number of fused-ring (bicyclic) bond motifs is 1. The summed E-state index contributed by atoms with van der Waals surface area (Å²) < 4.78 is 6.43. The maximum Gasteiger partial charge on any atom is 0.270 e. The summed E-state index contributed by atoms with van der Waals surface area (Å²) in [5.74, 6) is 0.531. The molecule has 5 nitrogen and oxygen atoms in total. The molecule has 1 amide bonds. The number of hydrogen-bond acceptors (Lipinski definition) is 4. The Bertz CT molecular complexity index is 690. The fourth-order valence-corrected chi connectivity index (χ4v) is 2.46. The number of aryl methyl sites for hydroxylation is 1. The predicted octanol–water partition coefficient (Wildman–Crippen LogP) is 2.80. The second-order valence-electron chi connectivity index (χ2n) is 4.87. The van der Waals surface area contributed by atoms with Crippen LogP contribution in [0, 0.1) is 6.92 Å². The topological polar surface area (TPSA) is 64.1 Å². The van der Waals surface area contributed by atoms with Crippen molar-refractivity contribution in [2.24, 2.45) is 0 Å². The summed E-state index contributed by atoms with van der Waals surface area (Å²) in [7, 11) is 0. The quantitative estimate of drug-likeness (QED) is 0.907. The second-order valence-corrected chi connectivity index (χ2v) is 5.72. The molecule has 3 rings (SSSR count). The van der Waals surface area contributed by atoms with Gasteiger partial charge in [-0.1, -0.05) is 0 Å². The lowest BCUT2D eigenvalue weighted by Crippen LogP contribution is -2.33. The van der Waals surface area contributed by atoms with Gasteiger partial charge in [-0.25, -0.2) is 4.98 Å². The number of nitrogens with zero attached hydrogens (tertiary/aromatic N) is 2. The van der Waals surface area contributed by atoms with Crippen molar-refractivity contribution in [3.8, 4) is 5.75 Å². The van der Waals surface area contributed by atoms with Gasteiger partial charge in [0.05, 0.1) is 12.6 Å². The third-order valence-corrected chi connectivity index (χ3v) is 4.21. The Balaban J connectivity index is 1.81. The number of aromatic nitrogens is 2. The van der Waals surface area contributed by atoms with E-state index in [-0.39, 0.29) is 11.9 Å². The Morgan fingerprint density at radius 3 is 3.14 bits per heavy atom. The smallest absolute Gasteiger partial charge is 0.270 e. The Kier molecular flexibility index (Phi) is 3.88. The van der Waals surface area contributed by atoms with Gasteiger partial charge in [-0.2, -0.15) is 0 Å². The summed E-state index contributed by atoms with van der Waals surface area (Å²) >= 11 is 3.38. The monoisotopic (exact) mass is 347 g/mol. The summed E-state index contributed by atoms with van der Waals surface area (Å²) in [6, 6.07) is 5.30. The number of carbonyl (C=O) groups is 1. The van der Waals surface area contributed by atoms with Crippen molar-refractivity contribution in [2.45, 2.75) is 19.4 Å². The molecule has 1 aliphatic rings. The molecule has 21 heavy (non-hydrogen) atoms. The Hall–Kier alpha value is -1.95. The van der Waals surface area contributed by atoms with Crippen molar-refractivity contribution < 1.29 is 9.53 Å². The molecule has 0 radical (unpaired) electrons. The van der Waals surface area contributed by atoms with Crippen molar-refractivity contribution in [3.63, 3.8) is 0 Å². The number of ether oxygens (including phenoxy) is 1. The first-order valence-electron chi connectivity index (χ1n) is 6.66. The molecule has 1 N–H and O–H groups in total. The van der Waals surface area contributed by atoms with Crippen molar-refractivity contribution in [1.29, 1.82) is 0 Å². The van der Waals surface area contributed by atoms with Crippen LogP contribution in [0.1, 0.15) is 34.2 Å². The van der Waals surface area contributed by atoms with Crippen LogP contribution in [0.4, 0.5) is 0 Å². The number of hydrogen-bond donors (Lipinski definition) is 1. The first-order valence-corrected chi connectivity index (χ1v) is 7.45. The molecular formula is C15H14BrN3O2. The zero-order valence-corrected chi connectivity index (χ0v) is 13.1. The highest BCUT2D eigenvalue weighted by Gasteiger charge is 2.25. The van der Waals surface area contributed by atoms with Crippen LogP contribution in [0.5, 0.6) is 5.75 Å². The van der Waals surface area contributed by atoms with Crippen LogP contribution in [0.25, 0.3) is 0 Å². The zero-order valence-electron chi connectivity index (χ0n) is 11.5. The number of amides is 1. The average molecular weight is 348 g/mol. The molecular weight excluding hydrogens is 334 g/mol. The van der Waals surface area contributed by atoms with Crippen LogP contribution >= 0.6 is 15.9 Å². The van der Waals surface area contributed by atoms with E-state index in [1.807, 2.05) is 19.1 Å². The van der Waals surface area contributed by atoms with E-state index >= 15 is 0 Å². The van der Waals surface area contributed by atoms with Crippen LogP contribution in [0.15, 0.2) is 35.1 Å². The van der Waals surface area contributed by atoms with Gasteiger partial charge in [0.1, 0.15) is 17.1 Å². The summed E-state index contributed by atoms with van der Waals surface area (Å²) in [5.41, 5.74) is 2.14. The maximum atomic E-state index is 12.3. The molecule has 1 unspecified atom stereocenters. The van der Waals surface area contributed by atoms with E-state index in [1.165, 1.54) is 0 Å². The number of nitrogens with one attached hydrogen (secondary N) is 1. The summed E-state index contributed by atoms with van der Waals surface area (Å²) in [6.07, 6.45) is 4.04. The van der Waals surface area contributed by atoms with Gasteiger partial charge in [-0.05, 0) is 46.6 Å². The third kappa shape index (κ3) is 2.90. The van der Waals surface area contributed by atoms with E-state index in [0.717, 1.165) is 21.5 Å². The lowest BCUT2D eigenvalue weighted by atomic mass is 10.1. The highest BCUT2D eigenvalue weighted by molar-refractivity contribution is 9.10. The predicted molar refractivity (Wildman–Crippen MR) is 81.2 cm³/mol. The minimum atomic E-state index is -0.200. The highest BCUT2D eigenvalue weighted by Crippen LogP contribution is 2.29. The fraction of sp³-hybridized carbons (Fsp3) is 0.267. The Morgan fingerprint density at radius 1 is 1.48 bits per heavy atom. The molecule has 0 bridgehead atoms. The van der Waals surface area contributed by atoms with E-state index < -0.39 is 0 Å². The molecule has 1 atom stereocenters. The van der Waals surface area contributed by atoms with Gasteiger partial charge >= 0.3 is 0 Å². The number of rotatable bonds is 2. The zero-order chi connectivity index (χ0) is 14.8. The lowest BCUT2D eigenvalue weighted by molar-refractivity contribution is 0.0918. The summed E-state index contributed by atoms with van der Waals surface area (Å²) in [6.45, 7) is 2.49. The normalized spacial score (nSPS) is 16.8. The Morgan fingerprint density at radius 2 is 2.33 bits per heavy atom. The fourth-order valence-electron chi connectivity index (χ4n) is 2.25. The molecule has 1 aliphatic heterocycles. The third-order valence-electron chi connectivity index (χ3n) is 3.38. The number of pyridine rings is 2. The molecule has 0 saturated heterocycles.